The summed E-state index contributed by atoms with van der Waals surface area (Å²) in [4.78, 5) is 38.4. The maximum Gasteiger partial charge on any atom is 0.331 e. The summed E-state index contributed by atoms with van der Waals surface area (Å²) in [6, 6.07) is 2.32. The van der Waals surface area contributed by atoms with Crippen molar-refractivity contribution in [1.29, 1.82) is 0 Å². The van der Waals surface area contributed by atoms with Crippen LogP contribution >= 0.6 is 11.6 Å². The van der Waals surface area contributed by atoms with Gasteiger partial charge in [0.15, 0.2) is 11.5 Å². The second-order valence-electron chi connectivity index (χ2n) is 6.39. The van der Waals surface area contributed by atoms with Gasteiger partial charge in [-0.2, -0.15) is 0 Å². The Labute approximate surface area is 162 Å². The van der Waals surface area contributed by atoms with E-state index in [0.29, 0.717) is 28.7 Å². The fraction of sp³-hybridized carbons (Fsp3) is 0.421. The monoisotopic (exact) mass is 392 g/mol. The lowest BCUT2D eigenvalue weighted by Crippen LogP contribution is -2.57. The first-order valence-corrected chi connectivity index (χ1v) is 9.25. The number of amides is 4. The van der Waals surface area contributed by atoms with Gasteiger partial charge in [0.25, 0.3) is 11.8 Å². The molecular weight excluding hydrogens is 372 g/mol. The largest absolute Gasteiger partial charge is 0.493 e. The zero-order chi connectivity index (χ0) is 19.6. The van der Waals surface area contributed by atoms with Gasteiger partial charge >= 0.3 is 6.03 Å². The number of nitrogens with zero attached hydrogens (tertiary/aromatic N) is 1. The molecule has 0 bridgehead atoms. The number of hydrogen-bond donors (Lipinski definition) is 1. The number of hydrogen-bond acceptors (Lipinski definition) is 5. The SMILES string of the molecule is CCOc1cc(Cl)c(/C=C2\C(=O)NC(=O)N(C3CCCC3)C2=O)cc1OC. The van der Waals surface area contributed by atoms with E-state index in [0.717, 1.165) is 30.6 Å². The van der Waals surface area contributed by atoms with Crippen LogP contribution < -0.4 is 14.8 Å². The van der Waals surface area contributed by atoms with Crippen LogP contribution in [-0.4, -0.2) is 42.5 Å². The van der Waals surface area contributed by atoms with Crippen molar-refractivity contribution in [3.8, 4) is 11.5 Å². The van der Waals surface area contributed by atoms with Crippen LogP contribution in [-0.2, 0) is 9.59 Å². The van der Waals surface area contributed by atoms with Crippen LogP contribution in [0.25, 0.3) is 6.08 Å². The average molecular weight is 393 g/mol. The van der Waals surface area contributed by atoms with Crippen molar-refractivity contribution in [3.63, 3.8) is 0 Å². The van der Waals surface area contributed by atoms with E-state index in [1.54, 1.807) is 12.1 Å². The fourth-order valence-corrected chi connectivity index (χ4v) is 3.62. The molecule has 3 rings (SSSR count). The summed E-state index contributed by atoms with van der Waals surface area (Å²) in [6.07, 6.45) is 4.79. The zero-order valence-corrected chi connectivity index (χ0v) is 16.0. The molecule has 1 aliphatic heterocycles. The Balaban J connectivity index is 1.98. The van der Waals surface area contributed by atoms with Crippen molar-refractivity contribution >= 4 is 35.5 Å². The lowest BCUT2D eigenvalue weighted by Gasteiger charge is -2.31. The van der Waals surface area contributed by atoms with E-state index < -0.39 is 17.8 Å². The van der Waals surface area contributed by atoms with E-state index in [-0.39, 0.29) is 11.6 Å². The molecular formula is C19H21ClN2O5. The first-order valence-electron chi connectivity index (χ1n) is 8.87. The van der Waals surface area contributed by atoms with Gasteiger partial charge < -0.3 is 9.47 Å². The number of nitrogens with one attached hydrogen (secondary N) is 1. The molecule has 2 aliphatic rings. The number of ether oxygens (including phenoxy) is 2. The second kappa shape index (κ2) is 8.00. The standard InChI is InChI=1S/C19H21ClN2O5/c1-3-27-16-10-14(20)11(9-15(16)26-2)8-13-17(23)21-19(25)22(18(13)24)12-6-4-5-7-12/h8-10,12H,3-7H2,1-2H3,(H,21,23,25)/b13-8+. The van der Waals surface area contributed by atoms with E-state index in [4.69, 9.17) is 21.1 Å². The van der Waals surface area contributed by atoms with Gasteiger partial charge in [0.05, 0.1) is 18.7 Å². The van der Waals surface area contributed by atoms with Crippen LogP contribution in [0.4, 0.5) is 4.79 Å². The van der Waals surface area contributed by atoms with Gasteiger partial charge in [-0.3, -0.25) is 19.8 Å². The molecule has 1 aromatic carbocycles. The zero-order valence-electron chi connectivity index (χ0n) is 15.2. The van der Waals surface area contributed by atoms with Crippen molar-refractivity contribution in [2.45, 2.75) is 38.6 Å². The molecule has 7 nitrogen and oxygen atoms in total. The Morgan fingerprint density at radius 3 is 2.56 bits per heavy atom. The number of imide groups is 2. The fourth-order valence-electron chi connectivity index (χ4n) is 3.41. The Morgan fingerprint density at radius 1 is 1.22 bits per heavy atom. The highest BCUT2D eigenvalue weighted by Crippen LogP contribution is 2.35. The molecule has 0 radical (unpaired) electrons. The third-order valence-electron chi connectivity index (χ3n) is 4.71. The summed E-state index contributed by atoms with van der Waals surface area (Å²) in [5, 5.41) is 2.55. The number of barbiturate groups is 1. The number of halogens is 1. The molecule has 8 heteroatoms. The number of carbonyl (C=O) groups excluding carboxylic acids is 3. The van der Waals surface area contributed by atoms with Crippen LogP contribution in [0, 0.1) is 0 Å². The van der Waals surface area contributed by atoms with E-state index in [2.05, 4.69) is 5.32 Å². The smallest absolute Gasteiger partial charge is 0.331 e. The number of urea groups is 1. The Morgan fingerprint density at radius 2 is 1.93 bits per heavy atom. The van der Waals surface area contributed by atoms with E-state index >= 15 is 0 Å². The first-order chi connectivity index (χ1) is 13.0. The lowest BCUT2D eigenvalue weighted by molar-refractivity contribution is -0.131. The molecule has 1 saturated carbocycles. The van der Waals surface area contributed by atoms with Crippen molar-refractivity contribution < 1.29 is 23.9 Å². The third kappa shape index (κ3) is 3.78. The van der Waals surface area contributed by atoms with Gasteiger partial charge in [-0.25, -0.2) is 4.79 Å². The average Bonchev–Trinajstić information content (AvgIpc) is 3.14. The predicted octanol–water partition coefficient (Wildman–Crippen LogP) is 3.15. The van der Waals surface area contributed by atoms with E-state index in [9.17, 15) is 14.4 Å². The highest BCUT2D eigenvalue weighted by atomic mass is 35.5. The minimum Gasteiger partial charge on any atom is -0.493 e. The molecule has 0 aromatic heterocycles. The van der Waals surface area contributed by atoms with Crippen LogP contribution in [0.1, 0.15) is 38.2 Å². The molecule has 27 heavy (non-hydrogen) atoms. The topological polar surface area (TPSA) is 84.9 Å². The Hall–Kier alpha value is -2.54. The number of rotatable bonds is 5. The van der Waals surface area contributed by atoms with Crippen LogP contribution in [0.5, 0.6) is 11.5 Å². The summed E-state index contributed by atoms with van der Waals surface area (Å²) >= 11 is 6.30. The van der Waals surface area contributed by atoms with Gasteiger partial charge in [0.1, 0.15) is 5.57 Å². The molecule has 2 fully saturated rings. The third-order valence-corrected chi connectivity index (χ3v) is 5.03. The van der Waals surface area contributed by atoms with Crippen molar-refractivity contribution in [2.24, 2.45) is 0 Å². The summed E-state index contributed by atoms with van der Waals surface area (Å²) in [7, 11) is 1.49. The molecule has 1 aliphatic carbocycles. The van der Waals surface area contributed by atoms with Crippen LogP contribution in [0.2, 0.25) is 5.02 Å². The molecule has 1 N–H and O–H groups in total. The van der Waals surface area contributed by atoms with Crippen molar-refractivity contribution in [3.05, 3.63) is 28.3 Å². The van der Waals surface area contributed by atoms with Crippen molar-refractivity contribution in [1.82, 2.24) is 10.2 Å². The molecule has 1 saturated heterocycles. The summed E-state index contributed by atoms with van der Waals surface area (Å²) in [5.41, 5.74) is 0.297. The minimum absolute atomic E-state index is 0.130. The molecule has 0 atom stereocenters. The molecule has 0 unspecified atom stereocenters. The molecule has 1 heterocycles. The molecule has 4 amide bonds. The highest BCUT2D eigenvalue weighted by molar-refractivity contribution is 6.34. The molecule has 0 spiro atoms. The van der Waals surface area contributed by atoms with Crippen LogP contribution in [0.3, 0.4) is 0 Å². The molecule has 1 aromatic rings. The van der Waals surface area contributed by atoms with E-state index in [1.165, 1.54) is 13.2 Å². The predicted molar refractivity (Wildman–Crippen MR) is 99.8 cm³/mol. The van der Waals surface area contributed by atoms with Gasteiger partial charge in [-0.15, -0.1) is 0 Å². The number of carbonyl (C=O) groups is 3. The summed E-state index contributed by atoms with van der Waals surface area (Å²) in [6.45, 7) is 2.27. The summed E-state index contributed by atoms with van der Waals surface area (Å²) in [5.74, 6) is -0.433. The number of methoxy groups -OCH3 is 1. The quantitative estimate of drug-likeness (QED) is 0.614. The Bertz CT molecular complexity index is 815. The normalized spacial score (nSPS) is 19.6. The van der Waals surface area contributed by atoms with Gasteiger partial charge in [-0.05, 0) is 37.5 Å². The number of benzene rings is 1. The van der Waals surface area contributed by atoms with Gasteiger partial charge in [-0.1, -0.05) is 24.4 Å². The van der Waals surface area contributed by atoms with E-state index in [1.807, 2.05) is 6.92 Å². The molecule has 144 valence electrons. The maximum atomic E-state index is 12.8. The Kier molecular flexibility index (Phi) is 5.70. The summed E-state index contributed by atoms with van der Waals surface area (Å²) < 4.78 is 10.8. The lowest BCUT2D eigenvalue weighted by atomic mass is 10.0. The maximum absolute atomic E-state index is 12.8. The second-order valence-corrected chi connectivity index (χ2v) is 6.80. The first kappa shape index (κ1) is 19.2. The van der Waals surface area contributed by atoms with Crippen molar-refractivity contribution in [2.75, 3.05) is 13.7 Å². The van der Waals surface area contributed by atoms with Crippen LogP contribution in [0.15, 0.2) is 17.7 Å². The highest BCUT2D eigenvalue weighted by Gasteiger charge is 2.40. The van der Waals surface area contributed by atoms with Gasteiger partial charge in [0, 0.05) is 12.1 Å². The van der Waals surface area contributed by atoms with Gasteiger partial charge in [0.2, 0.25) is 0 Å². The minimum atomic E-state index is -0.733.